The quantitative estimate of drug-likeness (QED) is 0.264. The van der Waals surface area contributed by atoms with E-state index >= 15 is 0 Å². The third-order valence-electron chi connectivity index (χ3n) is 4.59. The zero-order chi connectivity index (χ0) is 21.8. The molecule has 0 saturated heterocycles. The lowest BCUT2D eigenvalue weighted by atomic mass is 10.1. The standard InChI is InChI=1S/C23H18ClN3O3S.BrH/c1-2-4-17-13-16(11-12-25-17)23-26-20(14-31-23)15-7-9-18(10-8-15)30-22-19(24)5-3-6-21(22)27(28)29;/h3,5-14H,2,4H2,1H3;1H/p-1. The van der Waals surface area contributed by atoms with Crippen LogP contribution >= 0.6 is 22.9 Å². The van der Waals surface area contributed by atoms with E-state index in [1.54, 1.807) is 29.5 Å². The Balaban J connectivity index is 0.00000289. The monoisotopic (exact) mass is 530 g/mol. The molecular weight excluding hydrogens is 514 g/mol. The van der Waals surface area contributed by atoms with Crippen LogP contribution in [0.3, 0.4) is 0 Å². The van der Waals surface area contributed by atoms with Crippen LogP contribution in [0.2, 0.25) is 5.02 Å². The van der Waals surface area contributed by atoms with E-state index in [9.17, 15) is 10.1 Å². The van der Waals surface area contributed by atoms with E-state index in [2.05, 4.69) is 18.0 Å². The Morgan fingerprint density at radius 1 is 1.12 bits per heavy atom. The van der Waals surface area contributed by atoms with Gasteiger partial charge in [0.2, 0.25) is 5.75 Å². The number of ether oxygens (including phenoxy) is 1. The maximum atomic E-state index is 11.2. The van der Waals surface area contributed by atoms with Crippen molar-refractivity contribution in [3.63, 3.8) is 0 Å². The highest BCUT2D eigenvalue weighted by Crippen LogP contribution is 2.38. The van der Waals surface area contributed by atoms with E-state index in [1.807, 2.05) is 29.8 Å². The van der Waals surface area contributed by atoms with E-state index in [1.165, 1.54) is 12.1 Å². The predicted molar refractivity (Wildman–Crippen MR) is 123 cm³/mol. The molecule has 0 unspecified atom stereocenters. The van der Waals surface area contributed by atoms with Gasteiger partial charge in [0.15, 0.2) is 0 Å². The largest absolute Gasteiger partial charge is 1.00 e. The Morgan fingerprint density at radius 2 is 1.91 bits per heavy atom. The Hall–Kier alpha value is -2.81. The molecule has 0 amide bonds. The number of hydrogen-bond acceptors (Lipinski definition) is 6. The van der Waals surface area contributed by atoms with Crippen molar-refractivity contribution in [2.24, 2.45) is 0 Å². The fourth-order valence-electron chi connectivity index (χ4n) is 3.10. The van der Waals surface area contributed by atoms with E-state index in [0.717, 1.165) is 40.4 Å². The average Bonchev–Trinajstić information content (AvgIpc) is 3.26. The molecule has 0 aliphatic carbocycles. The summed E-state index contributed by atoms with van der Waals surface area (Å²) in [5, 5.41) is 14.4. The summed E-state index contributed by atoms with van der Waals surface area (Å²) < 4.78 is 5.70. The second kappa shape index (κ2) is 10.7. The van der Waals surface area contributed by atoms with Gasteiger partial charge in [-0.15, -0.1) is 11.3 Å². The topological polar surface area (TPSA) is 78.2 Å². The number of nitro groups is 1. The van der Waals surface area contributed by atoms with E-state index in [-0.39, 0.29) is 33.4 Å². The van der Waals surface area contributed by atoms with Gasteiger partial charge in [0.05, 0.1) is 15.6 Å². The molecule has 6 nitrogen and oxygen atoms in total. The third kappa shape index (κ3) is 5.32. The maximum absolute atomic E-state index is 11.2. The fourth-order valence-corrected chi connectivity index (χ4v) is 4.13. The molecule has 0 radical (unpaired) electrons. The van der Waals surface area contributed by atoms with Gasteiger partial charge in [-0.1, -0.05) is 31.0 Å². The maximum Gasteiger partial charge on any atom is 0.313 e. The molecule has 2 aromatic carbocycles. The summed E-state index contributed by atoms with van der Waals surface area (Å²) in [7, 11) is 0. The van der Waals surface area contributed by atoms with Gasteiger partial charge < -0.3 is 21.7 Å². The second-order valence-corrected chi connectivity index (χ2v) is 8.06. The molecule has 0 fully saturated rings. The summed E-state index contributed by atoms with van der Waals surface area (Å²) in [4.78, 5) is 19.9. The normalized spacial score (nSPS) is 10.4. The van der Waals surface area contributed by atoms with Gasteiger partial charge in [-0.05, 0) is 48.9 Å². The minimum Gasteiger partial charge on any atom is -1.00 e. The molecule has 32 heavy (non-hydrogen) atoms. The SMILES string of the molecule is CCCc1cc(-c2nc(-c3ccc(Oc4c(Cl)cccc4[N+](=O)[O-])cc3)cs2)ccn1.[Br-]. The summed E-state index contributed by atoms with van der Waals surface area (Å²) in [6.45, 7) is 2.13. The van der Waals surface area contributed by atoms with Crippen molar-refractivity contribution in [2.75, 3.05) is 0 Å². The van der Waals surface area contributed by atoms with Crippen molar-refractivity contribution < 1.29 is 26.6 Å². The predicted octanol–water partition coefficient (Wildman–Crippen LogP) is 4.18. The number of pyridine rings is 1. The first kappa shape index (κ1) is 23.8. The summed E-state index contributed by atoms with van der Waals surface area (Å²) in [6, 6.07) is 15.7. The molecular formula is C23H18BrClN3O3S-. The number of halogens is 2. The Kier molecular flexibility index (Phi) is 7.95. The van der Waals surface area contributed by atoms with Crippen LogP contribution in [0, 0.1) is 10.1 Å². The van der Waals surface area contributed by atoms with Crippen molar-refractivity contribution >= 4 is 28.6 Å². The van der Waals surface area contributed by atoms with Crippen LogP contribution in [0.4, 0.5) is 5.69 Å². The highest BCUT2D eigenvalue weighted by molar-refractivity contribution is 7.13. The molecule has 4 aromatic rings. The molecule has 0 bridgehead atoms. The zero-order valence-corrected chi connectivity index (χ0v) is 20.2. The van der Waals surface area contributed by atoms with Crippen LogP contribution < -0.4 is 21.7 Å². The van der Waals surface area contributed by atoms with Crippen molar-refractivity contribution in [3.8, 4) is 33.3 Å². The van der Waals surface area contributed by atoms with Gasteiger partial charge in [0.25, 0.3) is 0 Å². The summed E-state index contributed by atoms with van der Waals surface area (Å²) in [5.74, 6) is 0.479. The van der Waals surface area contributed by atoms with Crippen LogP contribution in [0.25, 0.3) is 21.8 Å². The number of nitro benzene ring substituents is 1. The molecule has 9 heteroatoms. The van der Waals surface area contributed by atoms with E-state index < -0.39 is 4.92 Å². The van der Waals surface area contributed by atoms with Gasteiger partial charge in [0.1, 0.15) is 10.8 Å². The Morgan fingerprint density at radius 3 is 2.62 bits per heavy atom. The van der Waals surface area contributed by atoms with Gasteiger partial charge in [0, 0.05) is 34.5 Å². The van der Waals surface area contributed by atoms with Crippen LogP contribution in [-0.2, 0) is 6.42 Å². The minimum atomic E-state index is -0.516. The number of para-hydroxylation sites is 1. The van der Waals surface area contributed by atoms with Crippen LogP contribution in [0.15, 0.2) is 66.2 Å². The molecule has 0 saturated carbocycles. The highest BCUT2D eigenvalue weighted by atomic mass is 79.9. The lowest BCUT2D eigenvalue weighted by molar-refractivity contribution is -0.385. The molecule has 2 heterocycles. The molecule has 0 aliphatic heterocycles. The number of nitrogens with zero attached hydrogens (tertiary/aromatic N) is 3. The van der Waals surface area contributed by atoms with Gasteiger partial charge in [-0.3, -0.25) is 15.1 Å². The molecule has 4 rings (SSSR count). The van der Waals surface area contributed by atoms with Gasteiger partial charge in [-0.25, -0.2) is 4.98 Å². The first-order valence-electron chi connectivity index (χ1n) is 9.67. The van der Waals surface area contributed by atoms with Crippen LogP contribution in [-0.4, -0.2) is 14.9 Å². The Bertz CT molecular complexity index is 1230. The molecule has 2 aromatic heterocycles. The van der Waals surface area contributed by atoms with Crippen LogP contribution in [0.1, 0.15) is 19.0 Å². The number of aromatic nitrogens is 2. The van der Waals surface area contributed by atoms with E-state index in [4.69, 9.17) is 21.3 Å². The minimum absolute atomic E-state index is 0. The third-order valence-corrected chi connectivity index (χ3v) is 5.78. The zero-order valence-electron chi connectivity index (χ0n) is 17.0. The Labute approximate surface area is 204 Å². The number of hydrogen-bond donors (Lipinski definition) is 0. The highest BCUT2D eigenvalue weighted by Gasteiger charge is 2.19. The first-order valence-corrected chi connectivity index (χ1v) is 10.9. The van der Waals surface area contributed by atoms with Crippen molar-refractivity contribution in [2.45, 2.75) is 19.8 Å². The van der Waals surface area contributed by atoms with Crippen molar-refractivity contribution in [1.29, 1.82) is 0 Å². The average molecular weight is 532 g/mol. The van der Waals surface area contributed by atoms with Crippen molar-refractivity contribution in [3.05, 3.63) is 87.0 Å². The summed E-state index contributed by atoms with van der Waals surface area (Å²) in [6.07, 6.45) is 3.81. The second-order valence-electron chi connectivity index (χ2n) is 6.80. The molecule has 0 N–H and O–H groups in total. The lowest BCUT2D eigenvalue weighted by Crippen LogP contribution is -3.00. The number of aryl methyl sites for hydroxylation is 1. The molecule has 164 valence electrons. The summed E-state index contributed by atoms with van der Waals surface area (Å²) >= 11 is 7.68. The summed E-state index contributed by atoms with van der Waals surface area (Å²) in [5.41, 5.74) is 3.71. The molecule has 0 spiro atoms. The molecule has 0 aliphatic rings. The number of rotatable bonds is 7. The van der Waals surface area contributed by atoms with E-state index in [0.29, 0.717) is 5.75 Å². The van der Waals surface area contributed by atoms with Crippen molar-refractivity contribution in [1.82, 2.24) is 9.97 Å². The molecule has 0 atom stereocenters. The van der Waals surface area contributed by atoms with Crippen LogP contribution in [0.5, 0.6) is 11.5 Å². The number of thiazole rings is 1. The number of benzene rings is 2. The smallest absolute Gasteiger partial charge is 0.313 e. The van der Waals surface area contributed by atoms with Gasteiger partial charge in [-0.2, -0.15) is 0 Å². The fraction of sp³-hybridized carbons (Fsp3) is 0.130. The first-order chi connectivity index (χ1) is 15.0. The lowest BCUT2D eigenvalue weighted by Gasteiger charge is -2.08. The van der Waals surface area contributed by atoms with Gasteiger partial charge >= 0.3 is 5.69 Å².